The van der Waals surface area contributed by atoms with Gasteiger partial charge in [-0.3, -0.25) is 0 Å². The van der Waals surface area contributed by atoms with E-state index in [4.69, 9.17) is 9.47 Å². The van der Waals surface area contributed by atoms with E-state index in [1.54, 1.807) is 6.20 Å². The van der Waals surface area contributed by atoms with Crippen LogP contribution in [-0.4, -0.2) is 35.4 Å². The zero-order valence-corrected chi connectivity index (χ0v) is 14.4. The van der Waals surface area contributed by atoms with Crippen LogP contribution in [0.5, 0.6) is 11.5 Å². The Morgan fingerprint density at radius 1 is 1.04 bits per heavy atom. The number of ether oxygens (including phenoxy) is 2. The van der Waals surface area contributed by atoms with Gasteiger partial charge in [0.25, 0.3) is 0 Å². The SMILES string of the molecule is CN(Cc1ccccc1)c1cnnc(Nc2ccc3c(c2)OCCO3)n1. The summed E-state index contributed by atoms with van der Waals surface area (Å²) >= 11 is 0. The number of anilines is 3. The molecule has 0 atom stereocenters. The third-order valence-electron chi connectivity index (χ3n) is 4.00. The Morgan fingerprint density at radius 2 is 1.85 bits per heavy atom. The maximum absolute atomic E-state index is 5.60. The van der Waals surface area contributed by atoms with Crippen LogP contribution in [0.4, 0.5) is 17.5 Å². The van der Waals surface area contributed by atoms with E-state index in [-0.39, 0.29) is 0 Å². The highest BCUT2D eigenvalue weighted by Crippen LogP contribution is 2.33. The number of hydrogen-bond acceptors (Lipinski definition) is 7. The van der Waals surface area contributed by atoms with Crippen molar-refractivity contribution in [3.8, 4) is 11.5 Å². The molecule has 0 amide bonds. The fourth-order valence-electron chi connectivity index (χ4n) is 2.72. The monoisotopic (exact) mass is 349 g/mol. The van der Waals surface area contributed by atoms with Gasteiger partial charge in [-0.1, -0.05) is 30.3 Å². The second-order valence-corrected chi connectivity index (χ2v) is 5.96. The zero-order chi connectivity index (χ0) is 17.8. The molecular weight excluding hydrogens is 330 g/mol. The minimum absolute atomic E-state index is 0.430. The average Bonchev–Trinajstić information content (AvgIpc) is 2.69. The Balaban J connectivity index is 1.49. The van der Waals surface area contributed by atoms with Gasteiger partial charge in [0.05, 0.1) is 6.20 Å². The summed E-state index contributed by atoms with van der Waals surface area (Å²) in [6.45, 7) is 1.86. The molecule has 0 bridgehead atoms. The lowest BCUT2D eigenvalue weighted by Crippen LogP contribution is -2.18. The van der Waals surface area contributed by atoms with Gasteiger partial charge in [0, 0.05) is 25.3 Å². The lowest BCUT2D eigenvalue weighted by Gasteiger charge is -2.19. The minimum atomic E-state index is 0.430. The number of fused-ring (bicyclic) bond motifs is 1. The van der Waals surface area contributed by atoms with Gasteiger partial charge in [0.1, 0.15) is 13.2 Å². The van der Waals surface area contributed by atoms with E-state index < -0.39 is 0 Å². The molecule has 0 radical (unpaired) electrons. The summed E-state index contributed by atoms with van der Waals surface area (Å²) in [7, 11) is 1.98. The summed E-state index contributed by atoms with van der Waals surface area (Å²) in [5.74, 6) is 2.63. The van der Waals surface area contributed by atoms with Gasteiger partial charge in [-0.05, 0) is 17.7 Å². The molecule has 1 aliphatic heterocycles. The standard InChI is InChI=1S/C19H19N5O2/c1-24(13-14-5-3-2-4-6-14)18-12-20-23-19(22-18)21-15-7-8-16-17(11-15)26-10-9-25-16/h2-8,11-12H,9-10,13H2,1H3,(H,21,22,23). The molecule has 0 aliphatic carbocycles. The van der Waals surface area contributed by atoms with Gasteiger partial charge in [0.2, 0.25) is 5.95 Å². The van der Waals surface area contributed by atoms with Crippen molar-refractivity contribution in [2.24, 2.45) is 0 Å². The van der Waals surface area contributed by atoms with E-state index >= 15 is 0 Å². The average molecular weight is 349 g/mol. The van der Waals surface area contributed by atoms with Gasteiger partial charge in [-0.15, -0.1) is 5.10 Å². The first-order valence-electron chi connectivity index (χ1n) is 8.39. The molecule has 3 aromatic rings. The van der Waals surface area contributed by atoms with E-state index in [0.717, 1.165) is 23.8 Å². The van der Waals surface area contributed by atoms with Crippen LogP contribution in [0, 0.1) is 0 Å². The molecule has 2 heterocycles. The Morgan fingerprint density at radius 3 is 2.69 bits per heavy atom. The third-order valence-corrected chi connectivity index (χ3v) is 4.00. The molecular formula is C19H19N5O2. The molecule has 0 spiro atoms. The topological polar surface area (TPSA) is 72.4 Å². The Bertz CT molecular complexity index is 888. The molecule has 1 aliphatic rings. The second-order valence-electron chi connectivity index (χ2n) is 5.96. The molecule has 0 saturated heterocycles. The predicted octanol–water partition coefficient (Wildman–Crippen LogP) is 3.02. The first-order chi connectivity index (χ1) is 12.8. The van der Waals surface area contributed by atoms with E-state index in [2.05, 4.69) is 32.6 Å². The molecule has 0 unspecified atom stereocenters. The minimum Gasteiger partial charge on any atom is -0.486 e. The van der Waals surface area contributed by atoms with Crippen LogP contribution in [0.2, 0.25) is 0 Å². The first kappa shape index (κ1) is 16.1. The number of nitrogens with zero attached hydrogens (tertiary/aromatic N) is 4. The number of hydrogen-bond donors (Lipinski definition) is 1. The number of nitrogens with one attached hydrogen (secondary N) is 1. The Labute approximate surface area is 151 Å². The molecule has 4 rings (SSSR count). The van der Waals surface area contributed by atoms with Crippen molar-refractivity contribution >= 4 is 17.5 Å². The van der Waals surface area contributed by atoms with Crippen molar-refractivity contribution in [3.63, 3.8) is 0 Å². The summed E-state index contributed by atoms with van der Waals surface area (Å²) in [5, 5.41) is 11.3. The summed E-state index contributed by atoms with van der Waals surface area (Å²) < 4.78 is 11.1. The van der Waals surface area contributed by atoms with Crippen molar-refractivity contribution in [1.82, 2.24) is 15.2 Å². The molecule has 132 valence electrons. The smallest absolute Gasteiger partial charge is 0.249 e. The van der Waals surface area contributed by atoms with Crippen LogP contribution >= 0.6 is 0 Å². The molecule has 26 heavy (non-hydrogen) atoms. The maximum atomic E-state index is 5.60. The number of aromatic nitrogens is 3. The van der Waals surface area contributed by atoms with Crippen LogP contribution in [0.25, 0.3) is 0 Å². The molecule has 0 saturated carbocycles. The normalized spacial score (nSPS) is 12.5. The van der Waals surface area contributed by atoms with Crippen LogP contribution in [0.15, 0.2) is 54.7 Å². The summed E-state index contributed by atoms with van der Waals surface area (Å²) in [6, 6.07) is 15.9. The van der Waals surface area contributed by atoms with Gasteiger partial charge >= 0.3 is 0 Å². The van der Waals surface area contributed by atoms with Crippen LogP contribution in [0.3, 0.4) is 0 Å². The molecule has 1 N–H and O–H groups in total. The van der Waals surface area contributed by atoms with Crippen molar-refractivity contribution in [2.45, 2.75) is 6.54 Å². The lowest BCUT2D eigenvalue weighted by atomic mass is 10.2. The summed E-state index contributed by atoms with van der Waals surface area (Å²) in [6.07, 6.45) is 1.65. The van der Waals surface area contributed by atoms with E-state index in [0.29, 0.717) is 24.9 Å². The zero-order valence-electron chi connectivity index (χ0n) is 14.4. The van der Waals surface area contributed by atoms with Crippen LogP contribution in [-0.2, 0) is 6.54 Å². The van der Waals surface area contributed by atoms with E-state index in [1.165, 1.54) is 5.56 Å². The molecule has 7 heteroatoms. The number of rotatable bonds is 5. The van der Waals surface area contributed by atoms with Crippen molar-refractivity contribution < 1.29 is 9.47 Å². The summed E-state index contributed by atoms with van der Waals surface area (Å²) in [4.78, 5) is 6.57. The maximum Gasteiger partial charge on any atom is 0.249 e. The Hall–Kier alpha value is -3.35. The van der Waals surface area contributed by atoms with Gasteiger partial charge in [-0.25, -0.2) is 0 Å². The van der Waals surface area contributed by atoms with Crippen molar-refractivity contribution in [2.75, 3.05) is 30.5 Å². The first-order valence-corrected chi connectivity index (χ1v) is 8.39. The third kappa shape index (κ3) is 3.66. The molecule has 0 fully saturated rings. The molecule has 2 aromatic carbocycles. The summed E-state index contributed by atoms with van der Waals surface area (Å²) in [5.41, 5.74) is 2.02. The predicted molar refractivity (Wildman–Crippen MR) is 99.1 cm³/mol. The fraction of sp³-hybridized carbons (Fsp3) is 0.211. The van der Waals surface area contributed by atoms with Crippen LogP contribution < -0.4 is 19.7 Å². The Kier molecular flexibility index (Phi) is 4.51. The second kappa shape index (κ2) is 7.26. The highest BCUT2D eigenvalue weighted by molar-refractivity contribution is 5.60. The highest BCUT2D eigenvalue weighted by atomic mass is 16.6. The highest BCUT2D eigenvalue weighted by Gasteiger charge is 2.13. The van der Waals surface area contributed by atoms with Crippen LogP contribution in [0.1, 0.15) is 5.56 Å². The lowest BCUT2D eigenvalue weighted by molar-refractivity contribution is 0.171. The van der Waals surface area contributed by atoms with Crippen molar-refractivity contribution in [3.05, 3.63) is 60.3 Å². The van der Waals surface area contributed by atoms with E-state index in [9.17, 15) is 0 Å². The largest absolute Gasteiger partial charge is 0.486 e. The quantitative estimate of drug-likeness (QED) is 0.759. The van der Waals surface area contributed by atoms with Gasteiger partial charge in [0.15, 0.2) is 17.3 Å². The fourth-order valence-corrected chi connectivity index (χ4v) is 2.72. The molecule has 7 nitrogen and oxygen atoms in total. The van der Waals surface area contributed by atoms with Gasteiger partial charge < -0.3 is 19.7 Å². The van der Waals surface area contributed by atoms with Gasteiger partial charge in [-0.2, -0.15) is 10.1 Å². The van der Waals surface area contributed by atoms with E-state index in [1.807, 2.05) is 48.3 Å². The molecule has 1 aromatic heterocycles. The number of benzene rings is 2. The van der Waals surface area contributed by atoms with Crippen molar-refractivity contribution in [1.29, 1.82) is 0 Å².